The number of sulfonamides is 1. The number of benzene rings is 2. The molecule has 0 aliphatic heterocycles. The second-order valence-corrected chi connectivity index (χ2v) is 9.59. The maximum Gasteiger partial charge on any atom is 0.329 e. The van der Waals surface area contributed by atoms with E-state index in [0.717, 1.165) is 11.8 Å². The summed E-state index contributed by atoms with van der Waals surface area (Å²) in [5, 5.41) is 2.69. The summed E-state index contributed by atoms with van der Waals surface area (Å²) in [7, 11) is -3.43. The molecule has 2 atom stereocenters. The first-order valence-corrected chi connectivity index (χ1v) is 12.0. The van der Waals surface area contributed by atoms with Gasteiger partial charge in [0.15, 0.2) is 6.10 Å². The van der Waals surface area contributed by atoms with E-state index < -0.39 is 33.9 Å². The van der Waals surface area contributed by atoms with Crippen LogP contribution in [0.25, 0.3) is 0 Å². The summed E-state index contributed by atoms with van der Waals surface area (Å²) in [6, 6.07) is 14.0. The topological polar surface area (TPSA) is 119 Å². The fraction of sp³-hybridized carbons (Fsp3) is 0.348. The predicted octanol–water partition coefficient (Wildman–Crippen LogP) is 2.56. The molecule has 0 bridgehead atoms. The minimum Gasteiger partial charge on any atom is -0.453 e. The van der Waals surface area contributed by atoms with Crippen LogP contribution in [0.15, 0.2) is 54.6 Å². The van der Waals surface area contributed by atoms with Crippen molar-refractivity contribution in [1.82, 2.24) is 5.32 Å². The first-order valence-electron chi connectivity index (χ1n) is 10.1. The molecule has 0 saturated carbocycles. The Labute approximate surface area is 188 Å². The zero-order valence-electron chi connectivity index (χ0n) is 18.5. The SMILES string of the molecule is CC(OC(=O)[C@@H](NC(=O)Cc1ccccc1)C(C)C)C(=O)c1ccc(NS(C)(=O)=O)cc1. The van der Waals surface area contributed by atoms with Gasteiger partial charge in [-0.05, 0) is 42.7 Å². The molecule has 2 aromatic carbocycles. The highest BCUT2D eigenvalue weighted by Gasteiger charge is 2.29. The molecule has 0 aliphatic rings. The zero-order chi connectivity index (χ0) is 23.9. The highest BCUT2D eigenvalue weighted by atomic mass is 32.2. The van der Waals surface area contributed by atoms with Gasteiger partial charge in [-0.1, -0.05) is 44.2 Å². The number of hydrogen-bond donors (Lipinski definition) is 2. The summed E-state index contributed by atoms with van der Waals surface area (Å²) in [6.45, 7) is 5.00. The van der Waals surface area contributed by atoms with Crippen LogP contribution in [0, 0.1) is 5.92 Å². The molecule has 172 valence electrons. The number of ether oxygens (including phenoxy) is 1. The molecule has 0 fully saturated rings. The van der Waals surface area contributed by atoms with Crippen LogP contribution in [0.1, 0.15) is 36.7 Å². The third-order valence-corrected chi connectivity index (χ3v) is 5.19. The van der Waals surface area contributed by atoms with Gasteiger partial charge in [-0.15, -0.1) is 0 Å². The molecule has 2 N–H and O–H groups in total. The number of ketones is 1. The summed E-state index contributed by atoms with van der Waals surface area (Å²) in [5.41, 5.74) is 1.39. The number of rotatable bonds is 10. The van der Waals surface area contributed by atoms with E-state index in [2.05, 4.69) is 10.0 Å². The molecule has 0 saturated heterocycles. The third kappa shape index (κ3) is 7.81. The molecule has 1 amide bonds. The van der Waals surface area contributed by atoms with E-state index in [-0.39, 0.29) is 23.8 Å². The van der Waals surface area contributed by atoms with Crippen molar-refractivity contribution in [3.05, 3.63) is 65.7 Å². The standard InChI is InChI=1S/C23H28N2O6S/c1-15(2)21(24-20(26)14-17-8-6-5-7-9-17)23(28)31-16(3)22(27)18-10-12-19(13-11-18)25-32(4,29)30/h5-13,15-16,21,25H,14H2,1-4H3,(H,24,26)/t16?,21-/m0/s1. The van der Waals surface area contributed by atoms with E-state index in [1.54, 1.807) is 13.8 Å². The van der Waals surface area contributed by atoms with E-state index in [1.807, 2.05) is 30.3 Å². The molecule has 2 rings (SSSR count). The number of Topliss-reactive ketones (excluding diaryl/α,β-unsaturated/α-hetero) is 1. The van der Waals surface area contributed by atoms with Gasteiger partial charge in [-0.2, -0.15) is 0 Å². The van der Waals surface area contributed by atoms with Gasteiger partial charge in [-0.3, -0.25) is 14.3 Å². The molecule has 0 radical (unpaired) electrons. The summed E-state index contributed by atoms with van der Waals surface area (Å²) in [4.78, 5) is 37.7. The molecular formula is C23H28N2O6S. The van der Waals surface area contributed by atoms with Crippen molar-refractivity contribution in [3.8, 4) is 0 Å². The average molecular weight is 461 g/mol. The van der Waals surface area contributed by atoms with Crippen LogP contribution >= 0.6 is 0 Å². The predicted molar refractivity (Wildman–Crippen MR) is 122 cm³/mol. The van der Waals surface area contributed by atoms with Gasteiger partial charge in [0.05, 0.1) is 12.7 Å². The summed E-state index contributed by atoms with van der Waals surface area (Å²) in [6.07, 6.45) is 0.0698. The highest BCUT2D eigenvalue weighted by Crippen LogP contribution is 2.15. The Hall–Kier alpha value is -3.20. The Morgan fingerprint density at radius 1 is 0.938 bits per heavy atom. The molecule has 0 heterocycles. The van der Waals surface area contributed by atoms with Crippen LogP contribution < -0.4 is 10.0 Å². The molecule has 0 aromatic heterocycles. The number of anilines is 1. The molecule has 1 unspecified atom stereocenters. The van der Waals surface area contributed by atoms with Crippen LogP contribution in [0.3, 0.4) is 0 Å². The van der Waals surface area contributed by atoms with Crippen molar-refractivity contribution in [3.63, 3.8) is 0 Å². The molecule has 8 nitrogen and oxygen atoms in total. The van der Waals surface area contributed by atoms with Crippen molar-refractivity contribution in [1.29, 1.82) is 0 Å². The number of amides is 1. The average Bonchev–Trinajstić information content (AvgIpc) is 2.71. The molecule has 9 heteroatoms. The van der Waals surface area contributed by atoms with E-state index in [9.17, 15) is 22.8 Å². The maximum absolute atomic E-state index is 12.7. The van der Waals surface area contributed by atoms with E-state index >= 15 is 0 Å². The van der Waals surface area contributed by atoms with Crippen LogP contribution in [-0.2, 0) is 30.8 Å². The van der Waals surface area contributed by atoms with Crippen molar-refractivity contribution < 1.29 is 27.5 Å². The lowest BCUT2D eigenvalue weighted by molar-refractivity contribution is -0.151. The lowest BCUT2D eigenvalue weighted by Crippen LogP contribution is -2.47. The Balaban J connectivity index is 1.99. The van der Waals surface area contributed by atoms with E-state index in [4.69, 9.17) is 4.74 Å². The van der Waals surface area contributed by atoms with Gasteiger partial charge < -0.3 is 10.1 Å². The van der Waals surface area contributed by atoms with Gasteiger partial charge in [0.1, 0.15) is 6.04 Å². The summed E-state index contributed by atoms with van der Waals surface area (Å²) < 4.78 is 30.2. The minimum atomic E-state index is -3.43. The van der Waals surface area contributed by atoms with Crippen molar-refractivity contribution >= 4 is 33.4 Å². The third-order valence-electron chi connectivity index (χ3n) is 4.58. The summed E-state index contributed by atoms with van der Waals surface area (Å²) >= 11 is 0. The first kappa shape index (κ1) is 25.1. The van der Waals surface area contributed by atoms with E-state index in [1.165, 1.54) is 31.2 Å². The summed E-state index contributed by atoms with van der Waals surface area (Å²) in [5.74, 6) is -1.70. The monoisotopic (exact) mass is 460 g/mol. The van der Waals surface area contributed by atoms with Crippen LogP contribution in [0.2, 0.25) is 0 Å². The fourth-order valence-electron chi connectivity index (χ4n) is 2.96. The van der Waals surface area contributed by atoms with Gasteiger partial charge >= 0.3 is 5.97 Å². The molecule has 0 spiro atoms. The van der Waals surface area contributed by atoms with Gasteiger partial charge in [-0.25, -0.2) is 13.2 Å². The number of nitrogens with one attached hydrogen (secondary N) is 2. The van der Waals surface area contributed by atoms with Crippen molar-refractivity contribution in [2.24, 2.45) is 5.92 Å². The second-order valence-electron chi connectivity index (χ2n) is 7.85. The number of hydrogen-bond acceptors (Lipinski definition) is 6. The maximum atomic E-state index is 12.7. The van der Waals surface area contributed by atoms with Gasteiger partial charge in [0.25, 0.3) is 0 Å². The Morgan fingerprint density at radius 3 is 2.06 bits per heavy atom. The minimum absolute atomic E-state index is 0.125. The lowest BCUT2D eigenvalue weighted by Gasteiger charge is -2.23. The Kier molecular flexibility index (Phi) is 8.54. The molecule has 32 heavy (non-hydrogen) atoms. The van der Waals surface area contributed by atoms with Crippen LogP contribution in [-0.4, -0.2) is 44.5 Å². The van der Waals surface area contributed by atoms with Crippen LogP contribution in [0.4, 0.5) is 5.69 Å². The number of esters is 1. The Bertz CT molecular complexity index is 1050. The molecule has 2 aromatic rings. The quantitative estimate of drug-likeness (QED) is 0.416. The van der Waals surface area contributed by atoms with Crippen molar-refractivity contribution in [2.45, 2.75) is 39.3 Å². The second kappa shape index (κ2) is 10.9. The normalized spacial score (nSPS) is 13.2. The number of carbonyl (C=O) groups is 3. The first-order chi connectivity index (χ1) is 15.0. The smallest absolute Gasteiger partial charge is 0.329 e. The van der Waals surface area contributed by atoms with Gasteiger partial charge in [0.2, 0.25) is 21.7 Å². The molecule has 0 aliphatic carbocycles. The number of carbonyl (C=O) groups excluding carboxylic acids is 3. The molecular weight excluding hydrogens is 432 g/mol. The van der Waals surface area contributed by atoms with E-state index in [0.29, 0.717) is 5.69 Å². The zero-order valence-corrected chi connectivity index (χ0v) is 19.3. The van der Waals surface area contributed by atoms with Gasteiger partial charge in [0, 0.05) is 11.3 Å². The van der Waals surface area contributed by atoms with Crippen LogP contribution in [0.5, 0.6) is 0 Å². The Morgan fingerprint density at radius 2 is 1.53 bits per heavy atom. The largest absolute Gasteiger partial charge is 0.453 e. The lowest BCUT2D eigenvalue weighted by atomic mass is 10.0. The fourth-order valence-corrected chi connectivity index (χ4v) is 3.52. The highest BCUT2D eigenvalue weighted by molar-refractivity contribution is 7.92. The van der Waals surface area contributed by atoms with Crippen molar-refractivity contribution in [2.75, 3.05) is 11.0 Å².